The molecule has 3 nitrogen and oxygen atoms in total. The van der Waals surface area contributed by atoms with Crippen molar-refractivity contribution in [2.45, 2.75) is 0 Å². The number of hydrogen-bond acceptors (Lipinski definition) is 3. The maximum Gasteiger partial charge on any atom is 0.213 e. The standard InChI is InChI=1S/C7H10N2O.ClH/c8-4-6-10-7-3-1-2-5-9-7;/h1-3,5H,4,6,8H2;1H. The van der Waals surface area contributed by atoms with Crippen LogP contribution in [0.5, 0.6) is 5.88 Å². The maximum absolute atomic E-state index is 5.22. The van der Waals surface area contributed by atoms with Gasteiger partial charge in [0.15, 0.2) is 0 Å². The van der Waals surface area contributed by atoms with Crippen molar-refractivity contribution in [3.05, 3.63) is 24.4 Å². The number of aromatic nitrogens is 1. The first-order chi connectivity index (χ1) is 4.93. The quantitative estimate of drug-likeness (QED) is 0.739. The number of pyridine rings is 1. The minimum absolute atomic E-state index is 0. The molecule has 2 N–H and O–H groups in total. The second-order valence-electron chi connectivity index (χ2n) is 1.81. The molecule has 0 radical (unpaired) electrons. The molecule has 0 amide bonds. The van der Waals surface area contributed by atoms with Gasteiger partial charge >= 0.3 is 0 Å². The zero-order valence-electron chi connectivity index (χ0n) is 6.06. The van der Waals surface area contributed by atoms with Crippen LogP contribution in [0.3, 0.4) is 0 Å². The van der Waals surface area contributed by atoms with Gasteiger partial charge in [-0.25, -0.2) is 4.98 Å². The minimum Gasteiger partial charge on any atom is -0.476 e. The molecule has 0 atom stereocenters. The van der Waals surface area contributed by atoms with E-state index in [2.05, 4.69) is 4.98 Å². The molecule has 1 heterocycles. The average molecular weight is 175 g/mol. The van der Waals surface area contributed by atoms with E-state index in [1.165, 1.54) is 0 Å². The Kier molecular flexibility index (Phi) is 5.51. The van der Waals surface area contributed by atoms with Crippen LogP contribution in [-0.4, -0.2) is 18.1 Å². The van der Waals surface area contributed by atoms with Crippen LogP contribution < -0.4 is 10.5 Å². The van der Waals surface area contributed by atoms with Crippen LogP contribution in [-0.2, 0) is 0 Å². The Morgan fingerprint density at radius 3 is 2.82 bits per heavy atom. The molecule has 0 aliphatic carbocycles. The molecule has 62 valence electrons. The molecule has 11 heavy (non-hydrogen) atoms. The molecule has 0 fully saturated rings. The normalized spacial score (nSPS) is 8.45. The molecule has 0 aromatic carbocycles. The van der Waals surface area contributed by atoms with E-state index in [9.17, 15) is 0 Å². The Balaban J connectivity index is 0.000001000. The Labute approximate surface area is 72.0 Å². The summed E-state index contributed by atoms with van der Waals surface area (Å²) in [6.07, 6.45) is 1.69. The number of rotatable bonds is 3. The minimum atomic E-state index is 0. The predicted molar refractivity (Wildman–Crippen MR) is 46.0 cm³/mol. The van der Waals surface area contributed by atoms with E-state index in [4.69, 9.17) is 10.5 Å². The summed E-state index contributed by atoms with van der Waals surface area (Å²) >= 11 is 0. The van der Waals surface area contributed by atoms with Crippen molar-refractivity contribution in [1.82, 2.24) is 4.98 Å². The highest BCUT2D eigenvalue weighted by molar-refractivity contribution is 5.85. The van der Waals surface area contributed by atoms with Crippen molar-refractivity contribution in [2.75, 3.05) is 13.2 Å². The molecule has 0 aliphatic rings. The monoisotopic (exact) mass is 174 g/mol. The zero-order valence-corrected chi connectivity index (χ0v) is 6.88. The number of hydrogen-bond donors (Lipinski definition) is 1. The van der Waals surface area contributed by atoms with Gasteiger partial charge in [-0.2, -0.15) is 0 Å². The molecule has 0 aliphatic heterocycles. The summed E-state index contributed by atoms with van der Waals surface area (Å²) < 4.78 is 5.12. The van der Waals surface area contributed by atoms with Crippen LogP contribution in [0.15, 0.2) is 24.4 Å². The molecule has 1 rings (SSSR count). The van der Waals surface area contributed by atoms with Crippen molar-refractivity contribution in [2.24, 2.45) is 5.73 Å². The Morgan fingerprint density at radius 1 is 1.45 bits per heavy atom. The van der Waals surface area contributed by atoms with Crippen LogP contribution >= 0.6 is 12.4 Å². The lowest BCUT2D eigenvalue weighted by molar-refractivity contribution is 0.315. The van der Waals surface area contributed by atoms with E-state index in [0.29, 0.717) is 19.0 Å². The first kappa shape index (κ1) is 10.2. The largest absolute Gasteiger partial charge is 0.476 e. The predicted octanol–water partition coefficient (Wildman–Crippen LogP) is 0.841. The second kappa shape index (κ2) is 5.95. The SMILES string of the molecule is Cl.NCCOc1ccccn1. The van der Waals surface area contributed by atoms with Crippen LogP contribution in [0.1, 0.15) is 0 Å². The molecule has 0 spiro atoms. The van der Waals surface area contributed by atoms with Crippen LogP contribution in [0.25, 0.3) is 0 Å². The molecule has 0 unspecified atom stereocenters. The van der Waals surface area contributed by atoms with Gasteiger partial charge < -0.3 is 10.5 Å². The fourth-order valence-electron chi connectivity index (χ4n) is 0.596. The number of ether oxygens (including phenoxy) is 1. The molecular weight excluding hydrogens is 164 g/mol. The first-order valence-electron chi connectivity index (χ1n) is 3.17. The van der Waals surface area contributed by atoms with Crippen molar-refractivity contribution in [1.29, 1.82) is 0 Å². The Morgan fingerprint density at radius 2 is 2.27 bits per heavy atom. The third-order valence-electron chi connectivity index (χ3n) is 1.01. The van der Waals surface area contributed by atoms with E-state index in [-0.39, 0.29) is 12.4 Å². The second-order valence-corrected chi connectivity index (χ2v) is 1.81. The number of halogens is 1. The van der Waals surface area contributed by atoms with Gasteiger partial charge in [-0.15, -0.1) is 12.4 Å². The Bertz CT molecular complexity index is 181. The summed E-state index contributed by atoms with van der Waals surface area (Å²) in [6, 6.07) is 5.52. The lowest BCUT2D eigenvalue weighted by Gasteiger charge is -2.00. The molecule has 0 saturated carbocycles. The van der Waals surface area contributed by atoms with E-state index in [0.717, 1.165) is 0 Å². The van der Waals surface area contributed by atoms with Gasteiger partial charge in [0.2, 0.25) is 5.88 Å². The summed E-state index contributed by atoms with van der Waals surface area (Å²) in [7, 11) is 0. The molecule has 1 aromatic rings. The Hall–Kier alpha value is -0.800. The molecule has 4 heteroatoms. The maximum atomic E-state index is 5.22. The summed E-state index contributed by atoms with van der Waals surface area (Å²) in [5, 5.41) is 0. The summed E-state index contributed by atoms with van der Waals surface area (Å²) in [5.74, 6) is 0.632. The van der Waals surface area contributed by atoms with E-state index in [1.54, 1.807) is 12.3 Å². The molecular formula is C7H11ClN2O. The third kappa shape index (κ3) is 3.80. The molecule has 0 bridgehead atoms. The number of nitrogens with two attached hydrogens (primary N) is 1. The van der Waals surface area contributed by atoms with E-state index in [1.807, 2.05) is 12.1 Å². The van der Waals surface area contributed by atoms with Crippen molar-refractivity contribution in [3.8, 4) is 5.88 Å². The van der Waals surface area contributed by atoms with Crippen molar-refractivity contribution >= 4 is 12.4 Å². The topological polar surface area (TPSA) is 48.1 Å². The van der Waals surface area contributed by atoms with Gasteiger partial charge in [-0.1, -0.05) is 6.07 Å². The first-order valence-corrected chi connectivity index (χ1v) is 3.17. The summed E-state index contributed by atoms with van der Waals surface area (Å²) in [5.41, 5.74) is 5.22. The highest BCUT2D eigenvalue weighted by atomic mass is 35.5. The zero-order chi connectivity index (χ0) is 7.23. The van der Waals surface area contributed by atoms with Crippen LogP contribution in [0, 0.1) is 0 Å². The molecule has 0 saturated heterocycles. The highest BCUT2D eigenvalue weighted by Gasteiger charge is 1.88. The van der Waals surface area contributed by atoms with Gasteiger partial charge in [0, 0.05) is 18.8 Å². The summed E-state index contributed by atoms with van der Waals surface area (Å²) in [4.78, 5) is 3.94. The third-order valence-corrected chi connectivity index (χ3v) is 1.01. The van der Waals surface area contributed by atoms with Gasteiger partial charge in [0.05, 0.1) is 0 Å². The smallest absolute Gasteiger partial charge is 0.213 e. The molecule has 1 aromatic heterocycles. The van der Waals surface area contributed by atoms with Gasteiger partial charge in [-0.3, -0.25) is 0 Å². The van der Waals surface area contributed by atoms with Gasteiger partial charge in [0.25, 0.3) is 0 Å². The summed E-state index contributed by atoms with van der Waals surface area (Å²) in [6.45, 7) is 1.05. The van der Waals surface area contributed by atoms with Gasteiger partial charge in [0.1, 0.15) is 6.61 Å². The van der Waals surface area contributed by atoms with Crippen LogP contribution in [0.2, 0.25) is 0 Å². The fraction of sp³-hybridized carbons (Fsp3) is 0.286. The van der Waals surface area contributed by atoms with Crippen molar-refractivity contribution < 1.29 is 4.74 Å². The van der Waals surface area contributed by atoms with E-state index >= 15 is 0 Å². The van der Waals surface area contributed by atoms with Crippen LogP contribution in [0.4, 0.5) is 0 Å². The van der Waals surface area contributed by atoms with E-state index < -0.39 is 0 Å². The number of nitrogens with zero attached hydrogens (tertiary/aromatic N) is 1. The van der Waals surface area contributed by atoms with Crippen molar-refractivity contribution in [3.63, 3.8) is 0 Å². The lowest BCUT2D eigenvalue weighted by atomic mass is 10.5. The highest BCUT2D eigenvalue weighted by Crippen LogP contribution is 2.01. The fourth-order valence-corrected chi connectivity index (χ4v) is 0.596. The van der Waals surface area contributed by atoms with Gasteiger partial charge in [-0.05, 0) is 6.07 Å². The lowest BCUT2D eigenvalue weighted by Crippen LogP contribution is -2.10. The average Bonchev–Trinajstić information content (AvgIpc) is 2.03.